The molecule has 0 bridgehead atoms. The van der Waals surface area contributed by atoms with E-state index in [1.807, 2.05) is 0 Å². The summed E-state index contributed by atoms with van der Waals surface area (Å²) in [5.74, 6) is 0.680. The fraction of sp³-hybridized carbons (Fsp3) is 0.615. The number of nitrogen functional groups attached to an aromatic ring is 1. The lowest BCUT2D eigenvalue weighted by atomic mass is 9.95. The Hall–Kier alpha value is -1.09. The van der Waals surface area contributed by atoms with Crippen molar-refractivity contribution in [3.8, 4) is 0 Å². The number of aryl methyl sites for hydroxylation is 1. The van der Waals surface area contributed by atoms with Crippen LogP contribution in [0.2, 0.25) is 0 Å². The van der Waals surface area contributed by atoms with E-state index in [0.717, 1.165) is 11.3 Å². The number of rotatable bonds is 1. The summed E-state index contributed by atoms with van der Waals surface area (Å²) in [6.07, 6.45) is 2.52. The molecule has 1 atom stereocenters. The molecule has 2 N–H and O–H groups in total. The third kappa shape index (κ3) is 1.69. The SMILES string of the molecule is Cc1nc(N)c(C)c(C)c1[C@@H]1CCCN1C. The van der Waals surface area contributed by atoms with Gasteiger partial charge in [-0.2, -0.15) is 0 Å². The second-order valence-electron chi connectivity index (χ2n) is 4.88. The fourth-order valence-electron chi connectivity index (χ4n) is 2.76. The van der Waals surface area contributed by atoms with Gasteiger partial charge in [0.2, 0.25) is 0 Å². The van der Waals surface area contributed by atoms with Crippen molar-refractivity contribution in [2.45, 2.75) is 39.7 Å². The monoisotopic (exact) mass is 219 g/mol. The second-order valence-corrected chi connectivity index (χ2v) is 4.88. The van der Waals surface area contributed by atoms with E-state index in [1.54, 1.807) is 0 Å². The van der Waals surface area contributed by atoms with Crippen LogP contribution >= 0.6 is 0 Å². The van der Waals surface area contributed by atoms with Crippen LogP contribution in [0.1, 0.15) is 41.3 Å². The van der Waals surface area contributed by atoms with Crippen molar-refractivity contribution in [2.75, 3.05) is 19.3 Å². The van der Waals surface area contributed by atoms with Crippen molar-refractivity contribution in [3.63, 3.8) is 0 Å². The first-order chi connectivity index (χ1) is 7.52. The van der Waals surface area contributed by atoms with Gasteiger partial charge >= 0.3 is 0 Å². The highest BCUT2D eigenvalue weighted by Crippen LogP contribution is 2.35. The Kier molecular flexibility index (Phi) is 2.89. The van der Waals surface area contributed by atoms with E-state index in [0.29, 0.717) is 11.9 Å². The molecule has 2 rings (SSSR count). The lowest BCUT2D eigenvalue weighted by Gasteiger charge is -2.24. The van der Waals surface area contributed by atoms with Gasteiger partial charge in [-0.1, -0.05) is 0 Å². The van der Waals surface area contributed by atoms with Crippen LogP contribution in [0.4, 0.5) is 5.82 Å². The third-order valence-corrected chi connectivity index (χ3v) is 3.88. The summed E-state index contributed by atoms with van der Waals surface area (Å²) in [5.41, 5.74) is 10.9. The first-order valence-corrected chi connectivity index (χ1v) is 5.95. The molecule has 0 spiro atoms. The topological polar surface area (TPSA) is 42.1 Å². The van der Waals surface area contributed by atoms with Gasteiger partial charge in [0.1, 0.15) is 5.82 Å². The summed E-state index contributed by atoms with van der Waals surface area (Å²) in [6, 6.07) is 0.534. The second kappa shape index (κ2) is 4.06. The molecule has 88 valence electrons. The van der Waals surface area contributed by atoms with E-state index in [-0.39, 0.29) is 0 Å². The predicted octanol–water partition coefficient (Wildman–Crippen LogP) is 2.36. The molecule has 1 aromatic rings. The van der Waals surface area contributed by atoms with Crippen molar-refractivity contribution in [1.82, 2.24) is 9.88 Å². The van der Waals surface area contributed by atoms with Gasteiger partial charge in [0, 0.05) is 11.7 Å². The molecule has 0 unspecified atom stereocenters. The molecular formula is C13H21N3. The van der Waals surface area contributed by atoms with E-state index in [2.05, 4.69) is 37.7 Å². The maximum absolute atomic E-state index is 5.90. The first kappa shape index (κ1) is 11.4. The summed E-state index contributed by atoms with van der Waals surface area (Å²) >= 11 is 0. The Labute approximate surface area is 97.7 Å². The highest BCUT2D eigenvalue weighted by atomic mass is 15.1. The number of nitrogens with zero attached hydrogens (tertiary/aromatic N) is 2. The van der Waals surface area contributed by atoms with Gasteiger partial charge in [-0.25, -0.2) is 4.98 Å². The van der Waals surface area contributed by atoms with Gasteiger partial charge in [-0.15, -0.1) is 0 Å². The first-order valence-electron chi connectivity index (χ1n) is 5.95. The molecule has 0 saturated carbocycles. The lowest BCUT2D eigenvalue weighted by Crippen LogP contribution is -2.20. The normalized spacial score (nSPS) is 21.6. The molecule has 16 heavy (non-hydrogen) atoms. The predicted molar refractivity (Wildman–Crippen MR) is 67.5 cm³/mol. The van der Waals surface area contributed by atoms with Crippen molar-refractivity contribution >= 4 is 5.82 Å². The van der Waals surface area contributed by atoms with E-state index in [9.17, 15) is 0 Å². The largest absolute Gasteiger partial charge is 0.383 e. The summed E-state index contributed by atoms with van der Waals surface area (Å²) in [6.45, 7) is 7.49. The molecule has 0 radical (unpaired) electrons. The van der Waals surface area contributed by atoms with Gasteiger partial charge < -0.3 is 5.73 Å². The Balaban J connectivity index is 2.52. The van der Waals surface area contributed by atoms with Crippen molar-refractivity contribution in [1.29, 1.82) is 0 Å². The van der Waals surface area contributed by atoms with Gasteiger partial charge in [-0.3, -0.25) is 4.90 Å². The van der Waals surface area contributed by atoms with Crippen molar-refractivity contribution < 1.29 is 0 Å². The Morgan fingerprint density at radius 1 is 1.25 bits per heavy atom. The van der Waals surface area contributed by atoms with Crippen LogP contribution in [0.3, 0.4) is 0 Å². The van der Waals surface area contributed by atoms with Crippen LogP contribution in [0.15, 0.2) is 0 Å². The number of hydrogen-bond acceptors (Lipinski definition) is 3. The molecule has 0 aromatic carbocycles. The van der Waals surface area contributed by atoms with Crippen LogP contribution in [0.25, 0.3) is 0 Å². The van der Waals surface area contributed by atoms with Gasteiger partial charge in [0.15, 0.2) is 0 Å². The average Bonchev–Trinajstić information content (AvgIpc) is 2.62. The van der Waals surface area contributed by atoms with Crippen molar-refractivity contribution in [3.05, 3.63) is 22.4 Å². The summed E-state index contributed by atoms with van der Waals surface area (Å²) in [5, 5.41) is 0. The Morgan fingerprint density at radius 3 is 2.50 bits per heavy atom. The number of nitrogens with two attached hydrogens (primary N) is 1. The molecule has 1 aliphatic rings. The zero-order valence-corrected chi connectivity index (χ0v) is 10.7. The summed E-state index contributed by atoms with van der Waals surface area (Å²) in [4.78, 5) is 6.89. The highest BCUT2D eigenvalue weighted by Gasteiger charge is 2.26. The summed E-state index contributed by atoms with van der Waals surface area (Å²) < 4.78 is 0. The Morgan fingerprint density at radius 2 is 1.94 bits per heavy atom. The molecule has 2 heterocycles. The van der Waals surface area contributed by atoms with E-state index < -0.39 is 0 Å². The molecule has 1 aliphatic heterocycles. The van der Waals surface area contributed by atoms with E-state index >= 15 is 0 Å². The van der Waals surface area contributed by atoms with Crippen LogP contribution in [0.5, 0.6) is 0 Å². The minimum atomic E-state index is 0.534. The molecule has 3 heteroatoms. The quantitative estimate of drug-likeness (QED) is 0.788. The van der Waals surface area contributed by atoms with Gasteiger partial charge in [0.25, 0.3) is 0 Å². The molecule has 1 aromatic heterocycles. The zero-order valence-electron chi connectivity index (χ0n) is 10.7. The molecule has 0 amide bonds. The molecule has 0 aliphatic carbocycles. The summed E-state index contributed by atoms with van der Waals surface area (Å²) in [7, 11) is 2.20. The van der Waals surface area contributed by atoms with Crippen LogP contribution in [0, 0.1) is 20.8 Å². The van der Waals surface area contributed by atoms with Crippen LogP contribution in [-0.2, 0) is 0 Å². The third-order valence-electron chi connectivity index (χ3n) is 3.88. The molecular weight excluding hydrogens is 198 g/mol. The lowest BCUT2D eigenvalue weighted by molar-refractivity contribution is 0.315. The highest BCUT2D eigenvalue weighted by molar-refractivity contribution is 5.50. The number of anilines is 1. The molecule has 1 saturated heterocycles. The number of aromatic nitrogens is 1. The molecule has 1 fully saturated rings. The fourth-order valence-corrected chi connectivity index (χ4v) is 2.76. The van der Waals surface area contributed by atoms with E-state index in [4.69, 9.17) is 5.73 Å². The van der Waals surface area contributed by atoms with E-state index in [1.165, 1.54) is 30.5 Å². The smallest absolute Gasteiger partial charge is 0.126 e. The minimum Gasteiger partial charge on any atom is -0.383 e. The maximum atomic E-state index is 5.90. The minimum absolute atomic E-state index is 0.534. The van der Waals surface area contributed by atoms with Crippen LogP contribution < -0.4 is 5.73 Å². The standard InChI is InChI=1S/C13H21N3/c1-8-9(2)13(14)15-10(3)12(8)11-6-5-7-16(11)4/h11H,5-7H2,1-4H3,(H2,14,15)/t11-/m0/s1. The van der Waals surface area contributed by atoms with Gasteiger partial charge in [-0.05, 0) is 63.9 Å². The number of likely N-dealkylation sites (tertiary alicyclic amines) is 1. The average molecular weight is 219 g/mol. The van der Waals surface area contributed by atoms with Gasteiger partial charge in [0.05, 0.1) is 0 Å². The number of pyridine rings is 1. The van der Waals surface area contributed by atoms with Crippen LogP contribution in [-0.4, -0.2) is 23.5 Å². The zero-order chi connectivity index (χ0) is 11.9. The number of hydrogen-bond donors (Lipinski definition) is 1. The van der Waals surface area contributed by atoms with Crippen molar-refractivity contribution in [2.24, 2.45) is 0 Å². The maximum Gasteiger partial charge on any atom is 0.126 e. The molecule has 3 nitrogen and oxygen atoms in total. The Bertz CT molecular complexity index is 412.